The van der Waals surface area contributed by atoms with Crippen LogP contribution in [0.4, 0.5) is 0 Å². The second-order valence-electron chi connectivity index (χ2n) is 5.46. The summed E-state index contributed by atoms with van der Waals surface area (Å²) in [5.41, 5.74) is 0. The van der Waals surface area contributed by atoms with Crippen molar-refractivity contribution in [1.29, 1.82) is 0 Å². The van der Waals surface area contributed by atoms with Crippen LogP contribution in [0.3, 0.4) is 0 Å². The number of thiophene rings is 1. The van der Waals surface area contributed by atoms with Gasteiger partial charge in [-0.15, -0.1) is 11.3 Å². The van der Waals surface area contributed by atoms with Crippen molar-refractivity contribution in [2.24, 2.45) is 5.92 Å². The molecule has 0 saturated heterocycles. The third kappa shape index (κ3) is 4.45. The van der Waals surface area contributed by atoms with Gasteiger partial charge >= 0.3 is 0 Å². The molecule has 1 heterocycles. The molecule has 1 aromatic rings. The van der Waals surface area contributed by atoms with E-state index in [2.05, 4.69) is 29.8 Å². The Kier molecular flexibility index (Phi) is 5.24. The average molecular weight is 265 g/mol. The van der Waals surface area contributed by atoms with Crippen LogP contribution in [-0.4, -0.2) is 11.9 Å². The van der Waals surface area contributed by atoms with E-state index in [1.165, 1.54) is 37.0 Å². The van der Waals surface area contributed by atoms with Crippen molar-refractivity contribution in [1.82, 2.24) is 5.32 Å². The van der Waals surface area contributed by atoms with E-state index in [1.54, 1.807) is 11.3 Å². The number of rotatable bonds is 5. The molecule has 0 bridgehead atoms. The lowest BCUT2D eigenvalue weighted by atomic mass is 9.87. The Morgan fingerprint density at radius 3 is 2.89 bits per heavy atom. The van der Waals surface area contributed by atoms with Crippen LogP contribution in [0, 0.1) is 5.92 Å². The molecule has 1 saturated carbocycles. The third-order valence-electron chi connectivity index (χ3n) is 3.69. The standard InChI is InChI=1S/C15H23NOS/c1-12(10-14-8-5-9-18-14)16-15(17)11-13-6-3-2-4-7-13/h5,8-9,12-13H,2-4,6-7,10-11H2,1H3,(H,16,17). The Hall–Kier alpha value is -0.830. The van der Waals surface area contributed by atoms with Gasteiger partial charge in [0.15, 0.2) is 0 Å². The molecule has 1 aliphatic rings. The number of carbonyl (C=O) groups excluding carboxylic acids is 1. The molecule has 1 amide bonds. The van der Waals surface area contributed by atoms with Gasteiger partial charge in [0.2, 0.25) is 5.91 Å². The molecule has 0 aromatic carbocycles. The summed E-state index contributed by atoms with van der Waals surface area (Å²) >= 11 is 1.76. The Balaban J connectivity index is 1.69. The minimum absolute atomic E-state index is 0.242. The van der Waals surface area contributed by atoms with Crippen LogP contribution >= 0.6 is 11.3 Å². The SMILES string of the molecule is CC(Cc1cccs1)NC(=O)CC1CCCCC1. The van der Waals surface area contributed by atoms with E-state index in [4.69, 9.17) is 0 Å². The van der Waals surface area contributed by atoms with E-state index in [1.807, 2.05) is 0 Å². The lowest BCUT2D eigenvalue weighted by Crippen LogP contribution is -2.35. The fraction of sp³-hybridized carbons (Fsp3) is 0.667. The Labute approximate surface area is 114 Å². The maximum Gasteiger partial charge on any atom is 0.220 e. The Bertz CT molecular complexity index is 355. The van der Waals surface area contributed by atoms with Gasteiger partial charge in [0.05, 0.1) is 0 Å². The van der Waals surface area contributed by atoms with Crippen molar-refractivity contribution >= 4 is 17.2 Å². The summed E-state index contributed by atoms with van der Waals surface area (Å²) in [7, 11) is 0. The monoisotopic (exact) mass is 265 g/mol. The highest BCUT2D eigenvalue weighted by atomic mass is 32.1. The molecule has 18 heavy (non-hydrogen) atoms. The fourth-order valence-electron chi connectivity index (χ4n) is 2.77. The van der Waals surface area contributed by atoms with Crippen LogP contribution in [-0.2, 0) is 11.2 Å². The highest BCUT2D eigenvalue weighted by Crippen LogP contribution is 2.26. The van der Waals surface area contributed by atoms with Crippen molar-refractivity contribution < 1.29 is 4.79 Å². The van der Waals surface area contributed by atoms with Gasteiger partial charge in [0.25, 0.3) is 0 Å². The van der Waals surface area contributed by atoms with Gasteiger partial charge in [-0.2, -0.15) is 0 Å². The number of nitrogens with one attached hydrogen (secondary N) is 1. The quantitative estimate of drug-likeness (QED) is 0.863. The molecule has 1 fully saturated rings. The highest BCUT2D eigenvalue weighted by Gasteiger charge is 2.18. The van der Waals surface area contributed by atoms with Crippen LogP contribution in [0.1, 0.15) is 50.3 Å². The van der Waals surface area contributed by atoms with Crippen molar-refractivity contribution in [3.05, 3.63) is 22.4 Å². The van der Waals surface area contributed by atoms with E-state index >= 15 is 0 Å². The largest absolute Gasteiger partial charge is 0.353 e. The van der Waals surface area contributed by atoms with E-state index in [-0.39, 0.29) is 11.9 Å². The maximum atomic E-state index is 11.9. The molecule has 1 aromatic heterocycles. The van der Waals surface area contributed by atoms with Gasteiger partial charge in [-0.1, -0.05) is 25.3 Å². The van der Waals surface area contributed by atoms with Crippen LogP contribution in [0.2, 0.25) is 0 Å². The van der Waals surface area contributed by atoms with E-state index in [0.29, 0.717) is 5.92 Å². The minimum Gasteiger partial charge on any atom is -0.353 e. The first-order chi connectivity index (χ1) is 8.74. The molecule has 1 N–H and O–H groups in total. The summed E-state index contributed by atoms with van der Waals surface area (Å²) < 4.78 is 0. The first kappa shape index (κ1) is 13.6. The summed E-state index contributed by atoms with van der Waals surface area (Å²) in [6.07, 6.45) is 8.14. The lowest BCUT2D eigenvalue weighted by Gasteiger charge is -2.22. The third-order valence-corrected chi connectivity index (χ3v) is 4.59. The number of hydrogen-bond donors (Lipinski definition) is 1. The molecule has 2 nitrogen and oxygen atoms in total. The molecule has 3 heteroatoms. The first-order valence-electron chi connectivity index (χ1n) is 7.06. The molecule has 0 spiro atoms. The maximum absolute atomic E-state index is 11.9. The molecule has 0 radical (unpaired) electrons. The van der Waals surface area contributed by atoms with Crippen LogP contribution in [0.25, 0.3) is 0 Å². The zero-order valence-corrected chi connectivity index (χ0v) is 12.0. The molecular weight excluding hydrogens is 242 g/mol. The predicted octanol–water partition coefficient (Wildman–Crippen LogP) is 3.77. The highest BCUT2D eigenvalue weighted by molar-refractivity contribution is 7.09. The van der Waals surface area contributed by atoms with Gasteiger partial charge in [-0.3, -0.25) is 4.79 Å². The zero-order valence-electron chi connectivity index (χ0n) is 11.2. The van der Waals surface area contributed by atoms with Crippen LogP contribution in [0.5, 0.6) is 0 Å². The van der Waals surface area contributed by atoms with Crippen molar-refractivity contribution in [3.63, 3.8) is 0 Å². The van der Waals surface area contributed by atoms with E-state index in [9.17, 15) is 4.79 Å². The van der Waals surface area contributed by atoms with E-state index in [0.717, 1.165) is 12.8 Å². The second kappa shape index (κ2) is 6.93. The van der Waals surface area contributed by atoms with Gasteiger partial charge < -0.3 is 5.32 Å². The van der Waals surface area contributed by atoms with Gasteiger partial charge in [-0.25, -0.2) is 0 Å². The summed E-state index contributed by atoms with van der Waals surface area (Å²) in [5, 5.41) is 5.22. The van der Waals surface area contributed by atoms with Crippen molar-refractivity contribution in [3.8, 4) is 0 Å². The first-order valence-corrected chi connectivity index (χ1v) is 7.94. The summed E-state index contributed by atoms with van der Waals surface area (Å²) in [5.74, 6) is 0.874. The van der Waals surface area contributed by atoms with Gasteiger partial charge in [0, 0.05) is 23.8 Å². The number of carbonyl (C=O) groups is 1. The van der Waals surface area contributed by atoms with Crippen molar-refractivity contribution in [2.75, 3.05) is 0 Å². The van der Waals surface area contributed by atoms with Gasteiger partial charge in [-0.05, 0) is 37.1 Å². The van der Waals surface area contributed by atoms with E-state index < -0.39 is 0 Å². The molecule has 1 aliphatic carbocycles. The second-order valence-corrected chi connectivity index (χ2v) is 6.49. The predicted molar refractivity (Wildman–Crippen MR) is 76.8 cm³/mol. The van der Waals surface area contributed by atoms with Crippen LogP contribution < -0.4 is 5.32 Å². The zero-order chi connectivity index (χ0) is 12.8. The van der Waals surface area contributed by atoms with Gasteiger partial charge in [0.1, 0.15) is 0 Å². The molecule has 100 valence electrons. The summed E-state index contributed by atoms with van der Waals surface area (Å²) in [4.78, 5) is 13.3. The molecule has 1 unspecified atom stereocenters. The topological polar surface area (TPSA) is 29.1 Å². The minimum atomic E-state index is 0.242. The Morgan fingerprint density at radius 1 is 1.44 bits per heavy atom. The summed E-state index contributed by atoms with van der Waals surface area (Å²) in [6, 6.07) is 4.45. The fourth-order valence-corrected chi connectivity index (χ4v) is 3.60. The van der Waals surface area contributed by atoms with Crippen molar-refractivity contribution in [2.45, 2.75) is 57.9 Å². The lowest BCUT2D eigenvalue weighted by molar-refractivity contribution is -0.122. The number of amides is 1. The molecule has 1 atom stereocenters. The number of hydrogen-bond acceptors (Lipinski definition) is 2. The molecular formula is C15H23NOS. The molecule has 0 aliphatic heterocycles. The summed E-state index contributed by atoms with van der Waals surface area (Å²) in [6.45, 7) is 2.10. The smallest absolute Gasteiger partial charge is 0.220 e. The average Bonchev–Trinajstić information content (AvgIpc) is 2.82. The Morgan fingerprint density at radius 2 is 2.22 bits per heavy atom. The molecule has 2 rings (SSSR count). The normalized spacial score (nSPS) is 18.5. The van der Waals surface area contributed by atoms with Crippen LogP contribution in [0.15, 0.2) is 17.5 Å².